The Morgan fingerprint density at radius 2 is 1.71 bits per heavy atom. The van der Waals surface area contributed by atoms with Crippen LogP contribution in [0, 0.1) is 0 Å². The van der Waals surface area contributed by atoms with E-state index in [4.69, 9.17) is 4.74 Å². The van der Waals surface area contributed by atoms with Gasteiger partial charge in [0.15, 0.2) is 5.82 Å². The van der Waals surface area contributed by atoms with E-state index in [0.29, 0.717) is 28.7 Å². The van der Waals surface area contributed by atoms with Crippen LogP contribution in [0.3, 0.4) is 0 Å². The van der Waals surface area contributed by atoms with Gasteiger partial charge in [-0.05, 0) is 50.6 Å². The topological polar surface area (TPSA) is 129 Å². The molecule has 2 amide bonds. The van der Waals surface area contributed by atoms with Crippen LogP contribution in [0.5, 0.6) is 0 Å². The molecule has 0 saturated carbocycles. The Morgan fingerprint density at radius 1 is 0.952 bits per heavy atom. The van der Waals surface area contributed by atoms with E-state index < -0.39 is 29.6 Å². The molecule has 14 heteroatoms. The Balaban J connectivity index is 1.46. The van der Waals surface area contributed by atoms with Gasteiger partial charge >= 0.3 is 18.3 Å². The van der Waals surface area contributed by atoms with Crippen LogP contribution >= 0.6 is 0 Å². The minimum atomic E-state index is -4.68. The first-order valence-electron chi connectivity index (χ1n) is 12.7. The largest absolute Gasteiger partial charge is 0.442 e. The van der Waals surface area contributed by atoms with Gasteiger partial charge in [-0.2, -0.15) is 17.9 Å². The van der Waals surface area contributed by atoms with Crippen LogP contribution < -0.4 is 10.6 Å². The van der Waals surface area contributed by atoms with Gasteiger partial charge in [-0.3, -0.25) is 10.6 Å². The zero-order valence-electron chi connectivity index (χ0n) is 22.7. The standard InChI is InChI=1S/C28H25F3N8O3/c1-27(2,3)42-26(41)39-21-13-12-18(20-16-38(37-35-20)15-17-8-5-4-6-9-17)14-19(21)24(36-39)34-25(40)33-23-11-7-10-22(32-23)28(29,30)31/h4-14,16H,15H2,1-3H3,(H2,32,33,34,36,40). The van der Waals surface area contributed by atoms with E-state index in [-0.39, 0.29) is 11.6 Å². The first-order valence-corrected chi connectivity index (χ1v) is 12.7. The maximum absolute atomic E-state index is 13.1. The number of benzene rings is 2. The van der Waals surface area contributed by atoms with Crippen molar-refractivity contribution in [1.29, 1.82) is 0 Å². The van der Waals surface area contributed by atoms with Crippen LogP contribution in [0.25, 0.3) is 22.2 Å². The van der Waals surface area contributed by atoms with Crippen LogP contribution in [0.1, 0.15) is 32.0 Å². The molecule has 0 aliphatic heterocycles. The Hall–Kier alpha value is -5.27. The molecular formula is C28H25F3N8O3. The molecule has 2 aromatic carbocycles. The van der Waals surface area contributed by atoms with Gasteiger partial charge in [0, 0.05) is 10.9 Å². The van der Waals surface area contributed by atoms with E-state index in [2.05, 4.69) is 31.0 Å². The number of aromatic nitrogens is 6. The van der Waals surface area contributed by atoms with Gasteiger partial charge in [-0.1, -0.05) is 47.7 Å². The van der Waals surface area contributed by atoms with E-state index >= 15 is 0 Å². The second kappa shape index (κ2) is 11.0. The van der Waals surface area contributed by atoms with Gasteiger partial charge in [0.05, 0.1) is 18.3 Å². The number of fused-ring (bicyclic) bond motifs is 1. The molecule has 3 aromatic heterocycles. The summed E-state index contributed by atoms with van der Waals surface area (Å²) in [4.78, 5) is 29.2. The summed E-state index contributed by atoms with van der Waals surface area (Å²) in [6.07, 6.45) is -3.72. The van der Waals surface area contributed by atoms with Crippen LogP contribution in [0.2, 0.25) is 0 Å². The Bertz CT molecular complexity index is 1760. The molecule has 0 unspecified atom stereocenters. The lowest BCUT2D eigenvalue weighted by atomic mass is 10.1. The smallest absolute Gasteiger partial charge is 0.435 e. The minimum Gasteiger partial charge on any atom is -0.442 e. The van der Waals surface area contributed by atoms with Gasteiger partial charge in [0.2, 0.25) is 0 Å². The van der Waals surface area contributed by atoms with E-state index in [0.717, 1.165) is 22.4 Å². The molecule has 0 fully saturated rings. The van der Waals surface area contributed by atoms with Crippen molar-refractivity contribution in [2.24, 2.45) is 0 Å². The fourth-order valence-corrected chi connectivity index (χ4v) is 4.01. The molecule has 0 spiro atoms. The maximum Gasteiger partial charge on any atom is 0.435 e. The highest BCUT2D eigenvalue weighted by Crippen LogP contribution is 2.30. The first kappa shape index (κ1) is 28.3. The number of ether oxygens (including phenoxy) is 1. The zero-order valence-corrected chi connectivity index (χ0v) is 22.7. The average Bonchev–Trinajstić information content (AvgIpc) is 3.52. The van der Waals surface area contributed by atoms with Crippen molar-refractivity contribution in [3.05, 3.63) is 84.2 Å². The molecule has 0 atom stereocenters. The lowest BCUT2D eigenvalue weighted by Gasteiger charge is -2.19. The molecule has 0 saturated heterocycles. The Labute approximate surface area is 237 Å². The first-order chi connectivity index (χ1) is 19.9. The highest BCUT2D eigenvalue weighted by atomic mass is 19.4. The highest BCUT2D eigenvalue weighted by Gasteiger charge is 2.32. The Kier molecular flexibility index (Phi) is 7.37. The molecule has 0 bridgehead atoms. The highest BCUT2D eigenvalue weighted by molar-refractivity contribution is 6.06. The maximum atomic E-state index is 13.1. The fourth-order valence-electron chi connectivity index (χ4n) is 4.01. The second-order valence-corrected chi connectivity index (χ2v) is 10.2. The SMILES string of the molecule is CC(C)(C)OC(=O)n1nc(NC(=O)Nc2cccc(C(F)(F)F)n2)c2cc(-c3cn(Cc4ccccc4)nn3)ccc21. The summed E-state index contributed by atoms with van der Waals surface area (Å²) in [5.41, 5.74) is 0.514. The van der Waals surface area contributed by atoms with Gasteiger partial charge in [-0.15, -0.1) is 10.2 Å². The molecule has 5 rings (SSSR count). The average molecular weight is 579 g/mol. The molecule has 5 aromatic rings. The number of alkyl halides is 3. The predicted octanol–water partition coefficient (Wildman–Crippen LogP) is 6.18. The number of nitrogens with one attached hydrogen (secondary N) is 2. The third-order valence-corrected chi connectivity index (χ3v) is 5.78. The monoisotopic (exact) mass is 578 g/mol. The number of anilines is 2. The van der Waals surface area contributed by atoms with Crippen LogP contribution in [-0.2, 0) is 17.5 Å². The van der Waals surface area contributed by atoms with Crippen LogP contribution in [0.15, 0.2) is 72.9 Å². The van der Waals surface area contributed by atoms with Crippen molar-refractivity contribution < 1.29 is 27.5 Å². The van der Waals surface area contributed by atoms with E-state index in [9.17, 15) is 22.8 Å². The normalized spacial score (nSPS) is 11.9. The van der Waals surface area contributed by atoms with E-state index in [1.807, 2.05) is 30.3 Å². The third-order valence-electron chi connectivity index (χ3n) is 5.78. The lowest BCUT2D eigenvalue weighted by Crippen LogP contribution is -2.28. The second-order valence-electron chi connectivity index (χ2n) is 10.2. The summed E-state index contributed by atoms with van der Waals surface area (Å²) in [5.74, 6) is -0.368. The molecule has 0 radical (unpaired) electrons. The molecular weight excluding hydrogens is 553 g/mol. The number of pyridine rings is 1. The third kappa shape index (κ3) is 6.54. The summed E-state index contributed by atoms with van der Waals surface area (Å²) in [7, 11) is 0. The van der Waals surface area contributed by atoms with Crippen LogP contribution in [-0.4, -0.2) is 47.5 Å². The molecule has 42 heavy (non-hydrogen) atoms. The van der Waals surface area contributed by atoms with Crippen molar-refractivity contribution in [2.75, 3.05) is 10.6 Å². The molecule has 216 valence electrons. The minimum absolute atomic E-state index is 0.0427. The van der Waals surface area contributed by atoms with Crippen molar-refractivity contribution in [3.8, 4) is 11.3 Å². The molecule has 0 aliphatic carbocycles. The summed E-state index contributed by atoms with van der Waals surface area (Å²) in [5, 5.41) is 17.8. The van der Waals surface area contributed by atoms with Gasteiger partial charge in [0.1, 0.15) is 22.8 Å². The van der Waals surface area contributed by atoms with Crippen molar-refractivity contribution in [2.45, 2.75) is 39.1 Å². The quantitative estimate of drug-likeness (QED) is 0.255. The summed E-state index contributed by atoms with van der Waals surface area (Å²) >= 11 is 0. The number of amides is 2. The van der Waals surface area contributed by atoms with Crippen LogP contribution in [0.4, 0.5) is 34.4 Å². The predicted molar refractivity (Wildman–Crippen MR) is 148 cm³/mol. The number of hydrogen-bond donors (Lipinski definition) is 2. The molecule has 11 nitrogen and oxygen atoms in total. The lowest BCUT2D eigenvalue weighted by molar-refractivity contribution is -0.141. The number of urea groups is 1. The molecule has 2 N–H and O–H groups in total. The number of hydrogen-bond acceptors (Lipinski definition) is 7. The number of nitrogens with zero attached hydrogens (tertiary/aromatic N) is 6. The van der Waals surface area contributed by atoms with Crippen molar-refractivity contribution in [3.63, 3.8) is 0 Å². The zero-order chi connectivity index (χ0) is 30.1. The van der Waals surface area contributed by atoms with E-state index in [1.165, 1.54) is 6.07 Å². The fraction of sp³-hybridized carbons (Fsp3) is 0.214. The van der Waals surface area contributed by atoms with Gasteiger partial charge < -0.3 is 4.74 Å². The molecule has 0 aliphatic rings. The number of halogens is 3. The van der Waals surface area contributed by atoms with Crippen molar-refractivity contribution in [1.82, 2.24) is 29.8 Å². The number of carbonyl (C=O) groups is 2. The molecule has 3 heterocycles. The van der Waals surface area contributed by atoms with Crippen molar-refractivity contribution >= 4 is 34.7 Å². The number of rotatable bonds is 5. The summed E-state index contributed by atoms with van der Waals surface area (Å²) in [6, 6.07) is 16.9. The Morgan fingerprint density at radius 3 is 2.43 bits per heavy atom. The number of carbonyl (C=O) groups excluding carboxylic acids is 2. The van der Waals surface area contributed by atoms with Gasteiger partial charge in [0.25, 0.3) is 0 Å². The summed E-state index contributed by atoms with van der Waals surface area (Å²) in [6.45, 7) is 5.59. The van der Waals surface area contributed by atoms with Gasteiger partial charge in [-0.25, -0.2) is 19.3 Å². The van der Waals surface area contributed by atoms with E-state index in [1.54, 1.807) is 49.8 Å². The summed E-state index contributed by atoms with van der Waals surface area (Å²) < 4.78 is 47.3.